The van der Waals surface area contributed by atoms with E-state index in [0.29, 0.717) is 26.2 Å². The molecule has 0 spiro atoms. The van der Waals surface area contributed by atoms with E-state index in [2.05, 4.69) is 0 Å². The third-order valence-corrected chi connectivity index (χ3v) is 4.72. The van der Waals surface area contributed by atoms with Gasteiger partial charge in [-0.15, -0.1) is 0 Å². The Bertz CT molecular complexity index is 923. The highest BCUT2D eigenvalue weighted by Gasteiger charge is 2.23. The van der Waals surface area contributed by atoms with Crippen LogP contribution in [0.15, 0.2) is 42.5 Å². The standard InChI is InChI=1S/C19H20N4O6/c1-14-2-7-18(17(12-14)23(27)28)29-13-19(24)21-10-8-20(9-11-21)15-3-5-16(6-4-15)22(25)26/h2-7,12H,8-11,13H2,1H3. The number of piperazine rings is 1. The molecule has 10 nitrogen and oxygen atoms in total. The van der Waals surface area contributed by atoms with E-state index in [9.17, 15) is 25.0 Å². The maximum atomic E-state index is 12.4. The van der Waals surface area contributed by atoms with Gasteiger partial charge in [0, 0.05) is 50.1 Å². The van der Waals surface area contributed by atoms with Gasteiger partial charge < -0.3 is 14.5 Å². The Morgan fingerprint density at radius 3 is 2.24 bits per heavy atom. The second-order valence-electron chi connectivity index (χ2n) is 6.66. The van der Waals surface area contributed by atoms with Crippen molar-refractivity contribution in [2.45, 2.75) is 6.92 Å². The summed E-state index contributed by atoms with van der Waals surface area (Å²) in [5, 5.41) is 21.9. The van der Waals surface area contributed by atoms with Gasteiger partial charge in [0.15, 0.2) is 12.4 Å². The van der Waals surface area contributed by atoms with E-state index < -0.39 is 9.85 Å². The quantitative estimate of drug-likeness (QED) is 0.540. The van der Waals surface area contributed by atoms with Gasteiger partial charge in [-0.25, -0.2) is 0 Å². The van der Waals surface area contributed by atoms with Crippen molar-refractivity contribution in [3.05, 3.63) is 68.3 Å². The summed E-state index contributed by atoms with van der Waals surface area (Å²) in [5.41, 5.74) is 1.46. The molecule has 0 aliphatic carbocycles. The number of carbonyl (C=O) groups is 1. The second kappa shape index (κ2) is 8.55. The molecular weight excluding hydrogens is 380 g/mol. The molecule has 3 rings (SSSR count). The highest BCUT2D eigenvalue weighted by Crippen LogP contribution is 2.28. The molecule has 1 fully saturated rings. The number of nitrogens with zero attached hydrogens (tertiary/aromatic N) is 4. The van der Waals surface area contributed by atoms with Gasteiger partial charge in [0.2, 0.25) is 0 Å². The van der Waals surface area contributed by atoms with E-state index in [4.69, 9.17) is 4.74 Å². The highest BCUT2D eigenvalue weighted by atomic mass is 16.6. The Labute approximate surface area is 166 Å². The molecule has 1 saturated heterocycles. The van der Waals surface area contributed by atoms with Crippen molar-refractivity contribution in [3.63, 3.8) is 0 Å². The molecule has 0 bridgehead atoms. The fourth-order valence-corrected chi connectivity index (χ4v) is 3.12. The van der Waals surface area contributed by atoms with E-state index >= 15 is 0 Å². The first-order chi connectivity index (χ1) is 13.8. The number of benzene rings is 2. The topological polar surface area (TPSA) is 119 Å². The molecule has 0 aromatic heterocycles. The zero-order chi connectivity index (χ0) is 21.0. The molecule has 2 aromatic carbocycles. The molecule has 1 amide bonds. The Morgan fingerprint density at radius 1 is 1.00 bits per heavy atom. The lowest BCUT2D eigenvalue weighted by molar-refractivity contribution is -0.385. The van der Waals surface area contributed by atoms with Crippen LogP contribution in [0.4, 0.5) is 17.1 Å². The number of hydrogen-bond acceptors (Lipinski definition) is 7. The molecule has 1 heterocycles. The fourth-order valence-electron chi connectivity index (χ4n) is 3.12. The Morgan fingerprint density at radius 2 is 1.66 bits per heavy atom. The lowest BCUT2D eigenvalue weighted by Gasteiger charge is -2.36. The summed E-state index contributed by atoms with van der Waals surface area (Å²) >= 11 is 0. The molecule has 152 valence electrons. The summed E-state index contributed by atoms with van der Waals surface area (Å²) in [6.07, 6.45) is 0. The van der Waals surface area contributed by atoms with E-state index in [0.717, 1.165) is 11.3 Å². The maximum absolute atomic E-state index is 12.4. The molecule has 0 unspecified atom stereocenters. The number of ether oxygens (including phenoxy) is 1. The van der Waals surface area contributed by atoms with Crippen LogP contribution >= 0.6 is 0 Å². The summed E-state index contributed by atoms with van der Waals surface area (Å²) in [7, 11) is 0. The van der Waals surface area contributed by atoms with E-state index in [1.54, 1.807) is 30.0 Å². The van der Waals surface area contributed by atoms with Crippen molar-refractivity contribution in [3.8, 4) is 5.75 Å². The Hall–Kier alpha value is -3.69. The number of rotatable bonds is 6. The Balaban J connectivity index is 1.54. The second-order valence-corrected chi connectivity index (χ2v) is 6.66. The minimum Gasteiger partial charge on any atom is -0.477 e. The average molecular weight is 400 g/mol. The fraction of sp³-hybridized carbons (Fsp3) is 0.316. The van der Waals surface area contributed by atoms with Crippen LogP contribution < -0.4 is 9.64 Å². The maximum Gasteiger partial charge on any atom is 0.311 e. The first-order valence-corrected chi connectivity index (χ1v) is 9.00. The minimum atomic E-state index is -0.532. The van der Waals surface area contributed by atoms with Gasteiger partial charge >= 0.3 is 5.69 Å². The monoisotopic (exact) mass is 400 g/mol. The Kier molecular flexibility index (Phi) is 5.91. The van der Waals surface area contributed by atoms with Crippen molar-refractivity contribution < 1.29 is 19.4 Å². The first kappa shape index (κ1) is 20.1. The van der Waals surface area contributed by atoms with Crippen molar-refractivity contribution in [1.29, 1.82) is 0 Å². The lowest BCUT2D eigenvalue weighted by atomic mass is 10.2. The van der Waals surface area contributed by atoms with Gasteiger partial charge in [0.25, 0.3) is 11.6 Å². The van der Waals surface area contributed by atoms with Gasteiger partial charge in [-0.1, -0.05) is 6.07 Å². The number of hydrogen-bond donors (Lipinski definition) is 0. The predicted molar refractivity (Wildman–Crippen MR) is 105 cm³/mol. The summed E-state index contributed by atoms with van der Waals surface area (Å²) < 4.78 is 5.41. The summed E-state index contributed by atoms with van der Waals surface area (Å²) in [4.78, 5) is 37.0. The van der Waals surface area contributed by atoms with Crippen LogP contribution in [0.25, 0.3) is 0 Å². The normalized spacial score (nSPS) is 13.8. The van der Waals surface area contributed by atoms with E-state index in [1.165, 1.54) is 24.3 Å². The smallest absolute Gasteiger partial charge is 0.311 e. The first-order valence-electron chi connectivity index (χ1n) is 9.00. The minimum absolute atomic E-state index is 0.0323. The lowest BCUT2D eigenvalue weighted by Crippen LogP contribution is -2.50. The number of aryl methyl sites for hydroxylation is 1. The van der Waals surface area contributed by atoms with Crippen molar-refractivity contribution >= 4 is 23.0 Å². The number of non-ortho nitro benzene ring substituents is 1. The van der Waals surface area contributed by atoms with Crippen LogP contribution in [0.1, 0.15) is 5.56 Å². The van der Waals surface area contributed by atoms with Gasteiger partial charge in [0.1, 0.15) is 0 Å². The van der Waals surface area contributed by atoms with Crippen LogP contribution in [0.5, 0.6) is 5.75 Å². The molecule has 0 radical (unpaired) electrons. The molecule has 29 heavy (non-hydrogen) atoms. The van der Waals surface area contributed by atoms with Crippen LogP contribution in [0.2, 0.25) is 0 Å². The molecule has 10 heteroatoms. The highest BCUT2D eigenvalue weighted by molar-refractivity contribution is 5.78. The van der Waals surface area contributed by atoms with Crippen molar-refractivity contribution in [2.24, 2.45) is 0 Å². The number of amides is 1. The number of anilines is 1. The molecule has 0 atom stereocenters. The van der Waals surface area contributed by atoms with Gasteiger partial charge in [-0.3, -0.25) is 25.0 Å². The predicted octanol–water partition coefficient (Wildman–Crippen LogP) is 2.54. The largest absolute Gasteiger partial charge is 0.477 e. The van der Waals surface area contributed by atoms with Gasteiger partial charge in [-0.2, -0.15) is 0 Å². The van der Waals surface area contributed by atoms with E-state index in [1.807, 2.05) is 4.90 Å². The third-order valence-electron chi connectivity index (χ3n) is 4.72. The SMILES string of the molecule is Cc1ccc(OCC(=O)N2CCN(c3ccc([N+](=O)[O-])cc3)CC2)c([N+](=O)[O-])c1. The van der Waals surface area contributed by atoms with Gasteiger partial charge in [-0.05, 0) is 30.7 Å². The molecule has 1 aliphatic rings. The van der Waals surface area contributed by atoms with Crippen LogP contribution in [-0.2, 0) is 4.79 Å². The molecule has 1 aliphatic heterocycles. The third kappa shape index (κ3) is 4.78. The zero-order valence-corrected chi connectivity index (χ0v) is 15.8. The zero-order valence-electron chi connectivity index (χ0n) is 15.8. The molecule has 2 aromatic rings. The average Bonchev–Trinajstić information content (AvgIpc) is 2.72. The van der Waals surface area contributed by atoms with Crippen LogP contribution in [-0.4, -0.2) is 53.4 Å². The summed E-state index contributed by atoms with van der Waals surface area (Å²) in [6, 6.07) is 10.9. The summed E-state index contributed by atoms with van der Waals surface area (Å²) in [6.45, 7) is 3.56. The molecule has 0 N–H and O–H groups in total. The van der Waals surface area contributed by atoms with Crippen molar-refractivity contribution in [2.75, 3.05) is 37.7 Å². The number of nitro benzene ring substituents is 2. The van der Waals surface area contributed by atoms with Crippen LogP contribution in [0.3, 0.4) is 0 Å². The van der Waals surface area contributed by atoms with Crippen LogP contribution in [0, 0.1) is 27.2 Å². The summed E-state index contributed by atoms with van der Waals surface area (Å²) in [5.74, 6) is -0.179. The molecular formula is C19H20N4O6. The molecule has 0 saturated carbocycles. The number of carbonyl (C=O) groups excluding carboxylic acids is 1. The van der Waals surface area contributed by atoms with Crippen molar-refractivity contribution in [1.82, 2.24) is 4.90 Å². The number of nitro groups is 2. The van der Waals surface area contributed by atoms with E-state index in [-0.39, 0.29) is 29.6 Å². The van der Waals surface area contributed by atoms with Gasteiger partial charge in [0.05, 0.1) is 9.85 Å².